The fourth-order valence-electron chi connectivity index (χ4n) is 1.74. The molecule has 2 rings (SSSR count). The number of anilines is 1. The van der Waals surface area contributed by atoms with Crippen LogP contribution in [-0.4, -0.2) is 8.42 Å². The molecule has 0 aliphatic rings. The zero-order valence-corrected chi connectivity index (χ0v) is 15.2. The first-order valence-corrected chi connectivity index (χ1v) is 9.02. The molecule has 3 nitrogen and oxygen atoms in total. The largest absolute Gasteiger partial charge is 0.279 e. The Morgan fingerprint density at radius 3 is 2.29 bits per heavy atom. The molecule has 0 unspecified atom stereocenters. The van der Waals surface area contributed by atoms with Crippen LogP contribution in [-0.2, 0) is 10.0 Å². The quantitative estimate of drug-likeness (QED) is 0.753. The summed E-state index contributed by atoms with van der Waals surface area (Å²) >= 11 is 6.39. The molecule has 0 fully saturated rings. The van der Waals surface area contributed by atoms with Crippen LogP contribution in [0.15, 0.2) is 44.2 Å². The van der Waals surface area contributed by atoms with E-state index < -0.39 is 15.8 Å². The van der Waals surface area contributed by atoms with Crippen molar-refractivity contribution in [3.8, 4) is 0 Å². The van der Waals surface area contributed by atoms with Crippen LogP contribution < -0.4 is 4.72 Å². The summed E-state index contributed by atoms with van der Waals surface area (Å²) in [5, 5.41) is 0. The van der Waals surface area contributed by atoms with Gasteiger partial charge in [-0.1, -0.05) is 15.9 Å². The standard InChI is InChI=1S/C14H12Br2FNO2S/c1-8-5-10(3-4-11(8)15)21(19,20)18-14-7-13(17)12(16)6-9(14)2/h3-7,18H,1-2H3. The predicted molar refractivity (Wildman–Crippen MR) is 88.5 cm³/mol. The van der Waals surface area contributed by atoms with Gasteiger partial charge in [0.1, 0.15) is 5.82 Å². The summed E-state index contributed by atoms with van der Waals surface area (Å²) in [5.74, 6) is -0.523. The minimum absolute atomic E-state index is 0.130. The van der Waals surface area contributed by atoms with Gasteiger partial charge in [-0.3, -0.25) is 4.72 Å². The molecule has 0 aliphatic heterocycles. The van der Waals surface area contributed by atoms with Crippen LogP contribution in [0.1, 0.15) is 11.1 Å². The molecule has 0 aromatic heterocycles. The smallest absolute Gasteiger partial charge is 0.261 e. The Labute approximate surface area is 139 Å². The van der Waals surface area contributed by atoms with E-state index in [4.69, 9.17) is 0 Å². The molecule has 0 spiro atoms. The van der Waals surface area contributed by atoms with Crippen LogP contribution in [0, 0.1) is 19.7 Å². The van der Waals surface area contributed by atoms with Crippen LogP contribution in [0.3, 0.4) is 0 Å². The Morgan fingerprint density at radius 1 is 1.00 bits per heavy atom. The summed E-state index contributed by atoms with van der Waals surface area (Å²) in [7, 11) is -3.76. The topological polar surface area (TPSA) is 46.2 Å². The highest BCUT2D eigenvalue weighted by molar-refractivity contribution is 9.10. The maximum absolute atomic E-state index is 13.6. The van der Waals surface area contributed by atoms with E-state index in [2.05, 4.69) is 36.6 Å². The molecule has 112 valence electrons. The average Bonchev–Trinajstić information content (AvgIpc) is 2.39. The van der Waals surface area contributed by atoms with E-state index in [0.29, 0.717) is 10.0 Å². The first-order valence-electron chi connectivity index (χ1n) is 5.95. The van der Waals surface area contributed by atoms with Gasteiger partial charge in [-0.25, -0.2) is 12.8 Å². The Morgan fingerprint density at radius 2 is 1.67 bits per heavy atom. The fourth-order valence-corrected chi connectivity index (χ4v) is 3.66. The number of benzene rings is 2. The minimum Gasteiger partial charge on any atom is -0.279 e. The second-order valence-corrected chi connectivity index (χ2v) is 7.99. The lowest BCUT2D eigenvalue weighted by Gasteiger charge is -2.12. The lowest BCUT2D eigenvalue weighted by Crippen LogP contribution is -2.14. The SMILES string of the molecule is Cc1cc(S(=O)(=O)Nc2cc(F)c(Br)cc2C)ccc1Br. The van der Waals surface area contributed by atoms with Crippen molar-refractivity contribution in [1.29, 1.82) is 0 Å². The van der Waals surface area contributed by atoms with Gasteiger partial charge in [0.15, 0.2) is 0 Å². The number of nitrogens with one attached hydrogen (secondary N) is 1. The summed E-state index contributed by atoms with van der Waals surface area (Å²) in [4.78, 5) is 0.130. The number of sulfonamides is 1. The molecule has 0 saturated carbocycles. The van der Waals surface area contributed by atoms with Crippen LogP contribution >= 0.6 is 31.9 Å². The van der Waals surface area contributed by atoms with Crippen LogP contribution in [0.5, 0.6) is 0 Å². The van der Waals surface area contributed by atoms with Gasteiger partial charge < -0.3 is 0 Å². The first-order chi connectivity index (χ1) is 9.70. The molecule has 0 amide bonds. The summed E-state index contributed by atoms with van der Waals surface area (Å²) < 4.78 is 41.8. The maximum atomic E-state index is 13.6. The molecule has 1 N–H and O–H groups in total. The van der Waals surface area contributed by atoms with Crippen LogP contribution in [0.2, 0.25) is 0 Å². The van der Waals surface area contributed by atoms with E-state index in [1.165, 1.54) is 12.1 Å². The van der Waals surface area contributed by atoms with Gasteiger partial charge in [0.25, 0.3) is 10.0 Å². The Kier molecular flexibility index (Phi) is 4.75. The van der Waals surface area contributed by atoms with Crippen molar-refractivity contribution in [2.24, 2.45) is 0 Å². The second kappa shape index (κ2) is 6.06. The van der Waals surface area contributed by atoms with Crippen molar-refractivity contribution in [3.63, 3.8) is 0 Å². The molecule has 2 aromatic carbocycles. The number of hydrogen-bond donors (Lipinski definition) is 1. The zero-order valence-electron chi connectivity index (χ0n) is 11.2. The third kappa shape index (κ3) is 3.64. The molecule has 7 heteroatoms. The second-order valence-electron chi connectivity index (χ2n) is 4.60. The van der Waals surface area contributed by atoms with Crippen LogP contribution in [0.4, 0.5) is 10.1 Å². The average molecular weight is 437 g/mol. The van der Waals surface area contributed by atoms with E-state index >= 15 is 0 Å². The summed E-state index contributed by atoms with van der Waals surface area (Å²) in [6, 6.07) is 7.39. The van der Waals surface area contributed by atoms with E-state index in [1.54, 1.807) is 26.0 Å². The van der Waals surface area contributed by atoms with Gasteiger partial charge in [0.2, 0.25) is 0 Å². The monoisotopic (exact) mass is 435 g/mol. The van der Waals surface area contributed by atoms with Gasteiger partial charge in [0, 0.05) is 4.47 Å². The molecular weight excluding hydrogens is 425 g/mol. The number of halogens is 3. The van der Waals surface area contributed by atoms with Crippen molar-refractivity contribution in [2.75, 3.05) is 4.72 Å². The molecule has 0 saturated heterocycles. The number of aryl methyl sites for hydroxylation is 2. The first kappa shape index (κ1) is 16.5. The van der Waals surface area contributed by atoms with E-state index in [1.807, 2.05) is 0 Å². The summed E-state index contributed by atoms with van der Waals surface area (Å²) in [5.41, 5.74) is 1.65. The van der Waals surface area contributed by atoms with Crippen molar-refractivity contribution in [3.05, 3.63) is 56.2 Å². The Bertz CT molecular complexity index is 807. The highest BCUT2D eigenvalue weighted by Crippen LogP contribution is 2.27. The molecule has 0 bridgehead atoms. The van der Waals surface area contributed by atoms with Crippen LogP contribution in [0.25, 0.3) is 0 Å². The molecule has 0 heterocycles. The van der Waals surface area contributed by atoms with Gasteiger partial charge >= 0.3 is 0 Å². The third-order valence-electron chi connectivity index (χ3n) is 2.95. The van der Waals surface area contributed by atoms with E-state index in [0.717, 1.165) is 16.1 Å². The fraction of sp³-hybridized carbons (Fsp3) is 0.143. The zero-order chi connectivity index (χ0) is 15.8. The molecule has 21 heavy (non-hydrogen) atoms. The molecule has 2 aromatic rings. The Balaban J connectivity index is 2.42. The number of hydrogen-bond acceptors (Lipinski definition) is 2. The highest BCUT2D eigenvalue weighted by Gasteiger charge is 2.17. The molecule has 0 atom stereocenters. The molecule has 0 radical (unpaired) electrons. The van der Waals surface area contributed by atoms with Gasteiger partial charge in [-0.05, 0) is 71.2 Å². The van der Waals surface area contributed by atoms with Crippen molar-refractivity contribution >= 4 is 47.6 Å². The minimum atomic E-state index is -3.76. The van der Waals surface area contributed by atoms with E-state index in [-0.39, 0.29) is 10.6 Å². The summed E-state index contributed by atoms with van der Waals surface area (Å²) in [6.45, 7) is 3.50. The van der Waals surface area contributed by atoms with Gasteiger partial charge in [-0.2, -0.15) is 0 Å². The predicted octanol–water partition coefficient (Wildman–Crippen LogP) is 4.77. The normalized spacial score (nSPS) is 11.5. The highest BCUT2D eigenvalue weighted by atomic mass is 79.9. The number of rotatable bonds is 3. The molecular formula is C14H12Br2FNO2S. The van der Waals surface area contributed by atoms with E-state index in [9.17, 15) is 12.8 Å². The van der Waals surface area contributed by atoms with Crippen molar-refractivity contribution in [2.45, 2.75) is 18.7 Å². The Hall–Kier alpha value is -0.920. The van der Waals surface area contributed by atoms with Crippen molar-refractivity contribution < 1.29 is 12.8 Å². The maximum Gasteiger partial charge on any atom is 0.261 e. The molecule has 0 aliphatic carbocycles. The lowest BCUT2D eigenvalue weighted by molar-refractivity contribution is 0.601. The van der Waals surface area contributed by atoms with Gasteiger partial charge in [-0.15, -0.1) is 0 Å². The van der Waals surface area contributed by atoms with Gasteiger partial charge in [0.05, 0.1) is 15.1 Å². The lowest BCUT2D eigenvalue weighted by atomic mass is 10.2. The third-order valence-corrected chi connectivity index (χ3v) is 5.81. The van der Waals surface area contributed by atoms with Crippen molar-refractivity contribution in [1.82, 2.24) is 0 Å². The summed E-state index contributed by atoms with van der Waals surface area (Å²) in [6.07, 6.45) is 0.